The number of halogens is 1. The van der Waals surface area contributed by atoms with Crippen molar-refractivity contribution in [3.8, 4) is 10.4 Å². The van der Waals surface area contributed by atoms with E-state index in [2.05, 4.69) is 16.4 Å². The van der Waals surface area contributed by atoms with E-state index in [0.29, 0.717) is 5.56 Å². The maximum atomic E-state index is 13.1. The molecule has 152 valence electrons. The molecule has 0 saturated heterocycles. The van der Waals surface area contributed by atoms with Crippen molar-refractivity contribution in [2.24, 2.45) is 5.73 Å². The van der Waals surface area contributed by atoms with E-state index >= 15 is 0 Å². The van der Waals surface area contributed by atoms with Crippen LogP contribution in [-0.4, -0.2) is 41.2 Å². The molecule has 0 fully saturated rings. The van der Waals surface area contributed by atoms with Crippen molar-refractivity contribution in [2.75, 3.05) is 26.0 Å². The van der Waals surface area contributed by atoms with E-state index < -0.39 is 0 Å². The van der Waals surface area contributed by atoms with Crippen LogP contribution in [0, 0.1) is 5.82 Å². The molecule has 1 amide bonds. The fraction of sp³-hybridized carbons (Fsp3) is 0.333. The van der Waals surface area contributed by atoms with Crippen molar-refractivity contribution in [1.82, 2.24) is 14.7 Å². The Hall–Kier alpha value is -2.71. The number of carbonyl (C=O) groups is 1. The number of thiophene rings is 1. The summed E-state index contributed by atoms with van der Waals surface area (Å²) in [5.74, 6) is -0.600. The number of nitrogens with two attached hydrogens (primary N) is 1. The molecule has 3 N–H and O–H groups in total. The number of nitrogens with one attached hydrogen (secondary N) is 1. The quantitative estimate of drug-likeness (QED) is 0.624. The van der Waals surface area contributed by atoms with Crippen LogP contribution < -0.4 is 11.1 Å². The number of aromatic nitrogens is 2. The smallest absolute Gasteiger partial charge is 0.251 e. The number of likely N-dealkylation sites (N-methyl/N-ethyl adjacent to an activating group) is 1. The zero-order valence-corrected chi connectivity index (χ0v) is 17.4. The average Bonchev–Trinajstić information content (AvgIpc) is 3.28. The lowest BCUT2D eigenvalue weighted by Crippen LogP contribution is -2.23. The SMILES string of the molecule is CNc1sc2c(c1C(N)=O)CCc1nn(CCN(C)Cc3ccc(F)cc3)cc1-2. The molecular formula is C21H24FN5OS. The largest absolute Gasteiger partial charge is 0.379 e. The van der Waals surface area contributed by atoms with Crippen molar-refractivity contribution >= 4 is 22.2 Å². The highest BCUT2D eigenvalue weighted by Crippen LogP contribution is 2.44. The molecular weight excluding hydrogens is 389 g/mol. The summed E-state index contributed by atoms with van der Waals surface area (Å²) in [6.45, 7) is 2.33. The Morgan fingerprint density at radius 3 is 2.79 bits per heavy atom. The number of anilines is 1. The Labute approximate surface area is 173 Å². The molecule has 4 rings (SSSR count). The molecule has 2 heterocycles. The van der Waals surface area contributed by atoms with Crippen molar-refractivity contribution in [3.63, 3.8) is 0 Å². The maximum Gasteiger partial charge on any atom is 0.251 e. The Morgan fingerprint density at radius 2 is 2.10 bits per heavy atom. The van der Waals surface area contributed by atoms with Gasteiger partial charge in [0.15, 0.2) is 0 Å². The summed E-state index contributed by atoms with van der Waals surface area (Å²) in [5.41, 5.74) is 10.5. The number of aryl methyl sites for hydroxylation is 1. The predicted molar refractivity (Wildman–Crippen MR) is 114 cm³/mol. The van der Waals surface area contributed by atoms with Crippen LogP contribution in [0.3, 0.4) is 0 Å². The summed E-state index contributed by atoms with van der Waals surface area (Å²) in [6, 6.07) is 6.60. The molecule has 0 saturated carbocycles. The second-order valence-corrected chi connectivity index (χ2v) is 8.37. The first-order valence-electron chi connectivity index (χ1n) is 9.59. The van der Waals surface area contributed by atoms with Gasteiger partial charge in [-0.1, -0.05) is 12.1 Å². The summed E-state index contributed by atoms with van der Waals surface area (Å²) in [4.78, 5) is 15.2. The zero-order valence-electron chi connectivity index (χ0n) is 16.5. The van der Waals surface area contributed by atoms with E-state index in [-0.39, 0.29) is 11.7 Å². The number of fused-ring (bicyclic) bond motifs is 3. The van der Waals surface area contributed by atoms with Crippen LogP contribution >= 0.6 is 11.3 Å². The van der Waals surface area contributed by atoms with Gasteiger partial charge in [-0.3, -0.25) is 9.48 Å². The van der Waals surface area contributed by atoms with Crippen LogP contribution in [0.15, 0.2) is 30.5 Å². The zero-order chi connectivity index (χ0) is 20.5. The summed E-state index contributed by atoms with van der Waals surface area (Å²) >= 11 is 1.57. The minimum atomic E-state index is -0.384. The number of benzene rings is 1. The molecule has 1 aromatic carbocycles. The van der Waals surface area contributed by atoms with Crippen LogP contribution in [0.5, 0.6) is 0 Å². The lowest BCUT2D eigenvalue weighted by atomic mass is 9.94. The lowest BCUT2D eigenvalue weighted by Gasteiger charge is -2.16. The molecule has 6 nitrogen and oxygen atoms in total. The van der Waals surface area contributed by atoms with E-state index in [1.165, 1.54) is 12.1 Å². The van der Waals surface area contributed by atoms with E-state index in [1.54, 1.807) is 11.3 Å². The highest BCUT2D eigenvalue weighted by molar-refractivity contribution is 7.20. The molecule has 0 bridgehead atoms. The molecule has 0 spiro atoms. The molecule has 0 radical (unpaired) electrons. The molecule has 2 aromatic heterocycles. The standard InChI is InChI=1S/C21H24FN5OS/c1-24-21-18(20(23)28)15-7-8-17-16(19(15)29-21)12-27(25-17)10-9-26(2)11-13-3-5-14(22)6-4-13/h3-6,12,24H,7-11H2,1-2H3,(H2,23,28). The fourth-order valence-electron chi connectivity index (χ4n) is 3.81. The topological polar surface area (TPSA) is 76.2 Å². The summed E-state index contributed by atoms with van der Waals surface area (Å²) in [7, 11) is 3.85. The Balaban J connectivity index is 1.48. The van der Waals surface area contributed by atoms with Gasteiger partial charge in [0.25, 0.3) is 5.91 Å². The van der Waals surface area contributed by atoms with Crippen LogP contribution in [0.25, 0.3) is 10.4 Å². The molecule has 29 heavy (non-hydrogen) atoms. The van der Waals surface area contributed by atoms with Crippen molar-refractivity contribution in [2.45, 2.75) is 25.9 Å². The Kier molecular flexibility index (Phi) is 5.38. The maximum absolute atomic E-state index is 13.1. The normalized spacial score (nSPS) is 12.7. The Morgan fingerprint density at radius 1 is 1.34 bits per heavy atom. The minimum Gasteiger partial charge on any atom is -0.379 e. The number of hydrogen-bond donors (Lipinski definition) is 2. The van der Waals surface area contributed by atoms with Gasteiger partial charge >= 0.3 is 0 Å². The number of carbonyl (C=O) groups excluding carboxylic acids is 1. The molecule has 0 atom stereocenters. The highest BCUT2D eigenvalue weighted by Gasteiger charge is 2.28. The third-order valence-corrected chi connectivity index (χ3v) is 6.53. The van der Waals surface area contributed by atoms with Crippen molar-refractivity contribution in [1.29, 1.82) is 0 Å². The predicted octanol–water partition coefficient (Wildman–Crippen LogP) is 3.12. The van der Waals surface area contributed by atoms with Gasteiger partial charge in [-0.25, -0.2) is 4.39 Å². The first-order chi connectivity index (χ1) is 14.0. The number of hydrogen-bond acceptors (Lipinski definition) is 5. The molecule has 0 aliphatic heterocycles. The number of rotatable bonds is 7. The molecule has 1 aliphatic carbocycles. The Bertz CT molecular complexity index is 1040. The molecule has 3 aromatic rings. The highest BCUT2D eigenvalue weighted by atomic mass is 32.1. The van der Waals surface area contributed by atoms with E-state index in [0.717, 1.165) is 64.7 Å². The number of nitrogens with zero attached hydrogens (tertiary/aromatic N) is 3. The minimum absolute atomic E-state index is 0.215. The third kappa shape index (κ3) is 3.90. The van der Waals surface area contributed by atoms with Gasteiger partial charge in [-0.15, -0.1) is 11.3 Å². The summed E-state index contributed by atoms with van der Waals surface area (Å²) in [6.07, 6.45) is 3.65. The fourth-order valence-corrected chi connectivity index (χ4v) is 5.05. The van der Waals surface area contributed by atoms with Gasteiger partial charge in [0.05, 0.1) is 17.8 Å². The van der Waals surface area contributed by atoms with Crippen LogP contribution in [0.4, 0.5) is 9.39 Å². The molecule has 8 heteroatoms. The van der Waals surface area contributed by atoms with Crippen molar-refractivity contribution in [3.05, 3.63) is 58.7 Å². The van der Waals surface area contributed by atoms with Crippen LogP contribution in [-0.2, 0) is 25.9 Å². The second-order valence-electron chi connectivity index (χ2n) is 7.34. The van der Waals surface area contributed by atoms with Crippen molar-refractivity contribution < 1.29 is 9.18 Å². The number of amides is 1. The summed E-state index contributed by atoms with van der Waals surface area (Å²) < 4.78 is 15.0. The van der Waals surface area contributed by atoms with Gasteiger partial charge in [0.1, 0.15) is 10.8 Å². The third-order valence-electron chi connectivity index (χ3n) is 5.25. The first kappa shape index (κ1) is 19.6. The van der Waals surface area contributed by atoms with Crippen LogP contribution in [0.1, 0.15) is 27.2 Å². The van der Waals surface area contributed by atoms with Crippen LogP contribution in [0.2, 0.25) is 0 Å². The molecule has 1 aliphatic rings. The number of primary amides is 1. The van der Waals surface area contributed by atoms with E-state index in [9.17, 15) is 9.18 Å². The molecule has 0 unspecified atom stereocenters. The monoisotopic (exact) mass is 413 g/mol. The van der Waals surface area contributed by atoms with Gasteiger partial charge in [-0.2, -0.15) is 5.10 Å². The average molecular weight is 414 g/mol. The second kappa shape index (κ2) is 7.96. The van der Waals surface area contributed by atoms with E-state index in [4.69, 9.17) is 10.8 Å². The summed E-state index contributed by atoms with van der Waals surface area (Å²) in [5, 5.41) is 8.68. The van der Waals surface area contributed by atoms with Gasteiger partial charge in [-0.05, 0) is 43.1 Å². The lowest BCUT2D eigenvalue weighted by molar-refractivity contribution is 0.100. The first-order valence-corrected chi connectivity index (χ1v) is 10.4. The van der Waals surface area contributed by atoms with E-state index in [1.807, 2.05) is 30.9 Å². The van der Waals surface area contributed by atoms with Gasteiger partial charge < -0.3 is 16.0 Å². The van der Waals surface area contributed by atoms with Gasteiger partial charge in [0.2, 0.25) is 0 Å². The van der Waals surface area contributed by atoms with Gasteiger partial charge in [0, 0.05) is 36.8 Å².